The van der Waals surface area contributed by atoms with Crippen molar-refractivity contribution in [1.29, 1.82) is 5.41 Å². The van der Waals surface area contributed by atoms with E-state index in [1.807, 2.05) is 0 Å². The van der Waals surface area contributed by atoms with Crippen LogP contribution < -0.4 is 4.72 Å². The van der Waals surface area contributed by atoms with E-state index in [9.17, 15) is 21.6 Å². The lowest BCUT2D eigenvalue weighted by atomic mass is 10.0. The van der Waals surface area contributed by atoms with Crippen LogP contribution in [0.15, 0.2) is 23.6 Å². The fraction of sp³-hybridized carbons (Fsp3) is 0.455. The third-order valence-electron chi connectivity index (χ3n) is 3.91. The van der Waals surface area contributed by atoms with Gasteiger partial charge in [-0.25, -0.2) is 14.8 Å². The number of fused-ring (bicyclic) bond motifs is 2. The minimum Gasteiger partial charge on any atom is -0.310 e. The Morgan fingerprint density at radius 3 is 2.69 bits per heavy atom. The van der Waals surface area contributed by atoms with Gasteiger partial charge in [0.2, 0.25) is 0 Å². The van der Waals surface area contributed by atoms with E-state index in [0.717, 1.165) is 17.3 Å². The molecule has 3 heterocycles. The van der Waals surface area contributed by atoms with Gasteiger partial charge in [-0.15, -0.1) is 4.28 Å². The standard InChI is InChI=1S/C11H14N6O7S2/c12-10(15-25(19,20)9-3-4-13-6-14-9)8-2-1-7-5-16(8)11(18)17(7)24-26(21,22)23/h3-4,6-8H,1-2,5H2,(H2,12,15)(H,21,22,23)/t7-,8+/m1/s1. The number of amides is 2. The van der Waals surface area contributed by atoms with E-state index < -0.39 is 44.4 Å². The van der Waals surface area contributed by atoms with Crippen molar-refractivity contribution < 1.29 is 30.5 Å². The van der Waals surface area contributed by atoms with E-state index in [1.54, 1.807) is 0 Å². The Kier molecular flexibility index (Phi) is 4.55. The van der Waals surface area contributed by atoms with Crippen molar-refractivity contribution in [3.8, 4) is 0 Å². The van der Waals surface area contributed by atoms with Gasteiger partial charge in [-0.05, 0) is 18.9 Å². The minimum atomic E-state index is -4.88. The molecule has 3 N–H and O–H groups in total. The molecular weight excluding hydrogens is 392 g/mol. The predicted molar refractivity (Wildman–Crippen MR) is 83.5 cm³/mol. The number of amidine groups is 1. The van der Waals surface area contributed by atoms with Crippen molar-refractivity contribution in [3.63, 3.8) is 0 Å². The highest BCUT2D eigenvalue weighted by Crippen LogP contribution is 2.30. The van der Waals surface area contributed by atoms with Crippen LogP contribution in [0.1, 0.15) is 12.8 Å². The third-order valence-corrected chi connectivity index (χ3v) is 5.53. The van der Waals surface area contributed by atoms with Crippen LogP contribution in [-0.4, -0.2) is 71.8 Å². The topological polar surface area (TPSA) is 183 Å². The first-order valence-electron chi connectivity index (χ1n) is 7.22. The fourth-order valence-corrected chi connectivity index (χ4v) is 4.18. The predicted octanol–water partition coefficient (Wildman–Crippen LogP) is -1.26. The molecule has 2 aliphatic rings. The molecule has 1 aromatic rings. The molecule has 0 aromatic carbocycles. The van der Waals surface area contributed by atoms with Gasteiger partial charge in [0.1, 0.15) is 12.2 Å². The Balaban J connectivity index is 1.75. The number of nitrogens with zero attached hydrogens (tertiary/aromatic N) is 4. The summed E-state index contributed by atoms with van der Waals surface area (Å²) in [6.07, 6.45) is 2.72. The van der Waals surface area contributed by atoms with E-state index >= 15 is 0 Å². The number of hydrogen-bond donors (Lipinski definition) is 3. The minimum absolute atomic E-state index is 0.0244. The van der Waals surface area contributed by atoms with Gasteiger partial charge in [-0.3, -0.25) is 14.7 Å². The van der Waals surface area contributed by atoms with Gasteiger partial charge >= 0.3 is 16.4 Å². The second-order valence-corrected chi connectivity index (χ2v) is 8.21. The number of hydrogen-bond acceptors (Lipinski definition) is 9. The Morgan fingerprint density at radius 1 is 1.35 bits per heavy atom. The van der Waals surface area contributed by atoms with Gasteiger partial charge < -0.3 is 4.90 Å². The summed E-state index contributed by atoms with van der Waals surface area (Å²) in [6, 6.07) is -1.30. The Bertz CT molecular complexity index is 935. The van der Waals surface area contributed by atoms with Crippen molar-refractivity contribution in [2.45, 2.75) is 30.0 Å². The van der Waals surface area contributed by atoms with Crippen LogP contribution in [-0.2, 0) is 24.7 Å². The average Bonchev–Trinajstić information content (AvgIpc) is 2.79. The molecule has 0 spiro atoms. The van der Waals surface area contributed by atoms with Crippen LogP contribution >= 0.6 is 0 Å². The lowest BCUT2D eigenvalue weighted by Crippen LogP contribution is -2.50. The normalized spacial score (nSPS) is 23.2. The van der Waals surface area contributed by atoms with Crippen molar-refractivity contribution in [1.82, 2.24) is 24.7 Å². The van der Waals surface area contributed by atoms with Crippen LogP contribution in [0, 0.1) is 5.41 Å². The number of carbonyl (C=O) groups is 1. The molecule has 3 rings (SSSR count). The fourth-order valence-electron chi connectivity index (χ4n) is 2.83. The smallest absolute Gasteiger partial charge is 0.310 e. The average molecular weight is 406 g/mol. The summed E-state index contributed by atoms with van der Waals surface area (Å²) in [6.45, 7) is 0.0244. The quantitative estimate of drug-likeness (QED) is 0.232. The summed E-state index contributed by atoms with van der Waals surface area (Å²) < 4.78 is 61.3. The maximum Gasteiger partial charge on any atom is 0.418 e. The summed E-state index contributed by atoms with van der Waals surface area (Å²) in [5, 5.41) is 8.20. The summed E-state index contributed by atoms with van der Waals surface area (Å²) >= 11 is 0. The molecule has 1 aromatic heterocycles. The molecule has 0 saturated carbocycles. The highest BCUT2D eigenvalue weighted by atomic mass is 32.3. The second kappa shape index (κ2) is 6.42. The van der Waals surface area contributed by atoms with E-state index in [2.05, 4.69) is 19.0 Å². The first-order valence-corrected chi connectivity index (χ1v) is 10.1. The molecule has 15 heteroatoms. The van der Waals surface area contributed by atoms with Crippen molar-refractivity contribution >= 4 is 32.3 Å². The molecule has 0 unspecified atom stereocenters. The molecule has 26 heavy (non-hydrogen) atoms. The maximum absolute atomic E-state index is 12.3. The number of hydroxylamine groups is 2. The van der Waals surface area contributed by atoms with Crippen LogP contribution in [0.4, 0.5) is 4.79 Å². The van der Waals surface area contributed by atoms with Crippen molar-refractivity contribution in [2.75, 3.05) is 6.54 Å². The SMILES string of the molecule is N=C(NS(=O)(=O)c1ccncn1)[C@@H]1CC[C@@H]2CN1C(=O)N2OS(=O)(=O)O. The van der Waals surface area contributed by atoms with Crippen LogP contribution in [0.2, 0.25) is 0 Å². The van der Waals surface area contributed by atoms with Crippen LogP contribution in [0.5, 0.6) is 0 Å². The highest BCUT2D eigenvalue weighted by molar-refractivity contribution is 7.90. The molecule has 0 radical (unpaired) electrons. The lowest BCUT2D eigenvalue weighted by molar-refractivity contribution is -0.0316. The van der Waals surface area contributed by atoms with Crippen molar-refractivity contribution in [2.24, 2.45) is 0 Å². The first kappa shape index (κ1) is 18.4. The molecule has 2 fully saturated rings. The van der Waals surface area contributed by atoms with Gasteiger partial charge in [-0.1, -0.05) is 0 Å². The van der Waals surface area contributed by atoms with Gasteiger partial charge in [0, 0.05) is 12.7 Å². The molecule has 0 aliphatic carbocycles. The number of nitrogens with one attached hydrogen (secondary N) is 2. The number of carbonyl (C=O) groups excluding carboxylic acids is 1. The summed E-state index contributed by atoms with van der Waals surface area (Å²) in [5.41, 5.74) is 0. The van der Waals surface area contributed by atoms with Gasteiger partial charge in [-0.2, -0.15) is 21.9 Å². The third kappa shape index (κ3) is 3.59. The molecule has 2 aliphatic heterocycles. The second-order valence-electron chi connectivity index (χ2n) is 5.58. The Hall–Kier alpha value is -2.36. The Morgan fingerprint density at radius 2 is 2.08 bits per heavy atom. The van der Waals surface area contributed by atoms with E-state index in [1.165, 1.54) is 6.20 Å². The number of rotatable bonds is 5. The monoisotopic (exact) mass is 406 g/mol. The molecule has 2 atom stereocenters. The number of urea groups is 1. The number of piperidine rings is 1. The maximum atomic E-state index is 12.3. The van der Waals surface area contributed by atoms with E-state index in [0.29, 0.717) is 5.06 Å². The van der Waals surface area contributed by atoms with Gasteiger partial charge in [0.15, 0.2) is 5.03 Å². The largest absolute Gasteiger partial charge is 0.418 e. The summed E-state index contributed by atoms with van der Waals surface area (Å²) in [7, 11) is -9.01. The van der Waals surface area contributed by atoms with Gasteiger partial charge in [0.25, 0.3) is 10.0 Å². The zero-order chi connectivity index (χ0) is 19.1. The summed E-state index contributed by atoms with van der Waals surface area (Å²) in [4.78, 5) is 20.6. The van der Waals surface area contributed by atoms with Crippen LogP contribution in [0.3, 0.4) is 0 Å². The van der Waals surface area contributed by atoms with Crippen LogP contribution in [0.25, 0.3) is 0 Å². The molecule has 142 valence electrons. The van der Waals surface area contributed by atoms with E-state index in [4.69, 9.17) is 9.96 Å². The highest BCUT2D eigenvalue weighted by Gasteiger charge is 2.48. The molecule has 13 nitrogen and oxygen atoms in total. The zero-order valence-corrected chi connectivity index (χ0v) is 14.6. The van der Waals surface area contributed by atoms with Crippen molar-refractivity contribution in [3.05, 3.63) is 18.6 Å². The summed E-state index contributed by atoms with van der Waals surface area (Å²) in [5.74, 6) is -0.468. The van der Waals surface area contributed by atoms with E-state index in [-0.39, 0.29) is 24.4 Å². The molecule has 2 saturated heterocycles. The van der Waals surface area contributed by atoms with Gasteiger partial charge in [0.05, 0.1) is 12.1 Å². The Labute approximate surface area is 148 Å². The molecule has 2 amide bonds. The zero-order valence-electron chi connectivity index (χ0n) is 13.0. The molecule has 2 bridgehead atoms. The first-order chi connectivity index (χ1) is 12.1. The number of aromatic nitrogens is 2. The lowest BCUT2D eigenvalue weighted by Gasteiger charge is -2.30. The number of sulfonamides is 1. The molecular formula is C11H14N6O7S2.